The average Bonchev–Trinajstić information content (AvgIpc) is 3.39. The molecule has 0 amide bonds. The Labute approximate surface area is 418 Å². The number of cyclic esters (lactones) is 3. The molecule has 0 aromatic heterocycles. The van der Waals surface area contributed by atoms with Crippen molar-refractivity contribution in [3.63, 3.8) is 0 Å². The van der Waals surface area contributed by atoms with Gasteiger partial charge in [0.1, 0.15) is 24.9 Å². The van der Waals surface area contributed by atoms with Gasteiger partial charge in [0.2, 0.25) is 28.8 Å². The zero-order chi connectivity index (χ0) is 55.6. The predicted molar refractivity (Wildman–Crippen MR) is 234 cm³/mol. The van der Waals surface area contributed by atoms with E-state index in [1.54, 1.807) is 0 Å². The topological polar surface area (TPSA) is 525 Å². The lowest BCUT2D eigenvalue weighted by Gasteiger charge is -2.51. The molecular formula is C46H36O30. The van der Waals surface area contributed by atoms with Crippen LogP contribution in [0.5, 0.6) is 86.2 Å². The maximum absolute atomic E-state index is 15.0. The number of esters is 5. The van der Waals surface area contributed by atoms with Crippen LogP contribution in [0, 0.1) is 0 Å². The molecule has 30 nitrogen and oxygen atoms in total. The Bertz CT molecular complexity index is 3380. The van der Waals surface area contributed by atoms with Crippen molar-refractivity contribution in [2.75, 3.05) is 13.2 Å². The maximum Gasteiger partial charge on any atom is 0.339 e. The standard InChI is InChI=1S/C46H36O30/c47-12-1-8(2-13(48)26(12)53)41(65)73-18-7-71-42(66)9-3-14(49)27(54)31(58)19(9)20-10(4-15(50)28(55)32(20)59)43(67)74-37(18)39-38-25(46(70)40(64)30(57)17(52)6-72-46)24-23(45(69)75-38)22(34(61)36(63)35(24)62)21-11(44(68)76-39)5-16(51)29(56)33(21)60/h1-5,17-18,25,30,37-40,47-64,70H,6-7H2/t17-,18-,25-,30-,37+,38-,39+,40-,46+/m0/s1. The van der Waals surface area contributed by atoms with E-state index in [0.29, 0.717) is 24.3 Å². The molecule has 5 aromatic rings. The number of ether oxygens (including phenoxy) is 6. The Morgan fingerprint density at radius 2 is 0.908 bits per heavy atom. The lowest BCUT2D eigenvalue weighted by molar-refractivity contribution is -0.341. The van der Waals surface area contributed by atoms with Crippen LogP contribution in [-0.4, -0.2) is 189 Å². The highest BCUT2D eigenvalue weighted by Gasteiger charge is 2.64. The van der Waals surface area contributed by atoms with Crippen LogP contribution in [0.15, 0.2) is 30.3 Å². The first kappa shape index (κ1) is 51.2. The molecule has 400 valence electrons. The van der Waals surface area contributed by atoms with E-state index in [4.69, 9.17) is 28.4 Å². The van der Waals surface area contributed by atoms with Crippen molar-refractivity contribution >= 4 is 29.8 Å². The number of phenols is 15. The summed E-state index contributed by atoms with van der Waals surface area (Å²) in [6, 6.07) is 1.87. The Morgan fingerprint density at radius 1 is 0.474 bits per heavy atom. The van der Waals surface area contributed by atoms with Gasteiger partial charge in [-0.15, -0.1) is 0 Å². The summed E-state index contributed by atoms with van der Waals surface area (Å²) in [7, 11) is 0. The molecule has 30 heteroatoms. The molecule has 2 bridgehead atoms. The largest absolute Gasteiger partial charge is 0.504 e. The number of benzene rings is 5. The van der Waals surface area contributed by atoms with Crippen LogP contribution >= 0.6 is 0 Å². The van der Waals surface area contributed by atoms with Gasteiger partial charge in [-0.05, 0) is 30.3 Å². The summed E-state index contributed by atoms with van der Waals surface area (Å²) in [5.41, 5.74) is -12.2. The Morgan fingerprint density at radius 3 is 1.42 bits per heavy atom. The third kappa shape index (κ3) is 7.49. The normalized spacial score (nSPS) is 25.1. The third-order valence-corrected chi connectivity index (χ3v) is 13.0. The van der Waals surface area contributed by atoms with Gasteiger partial charge in [0.25, 0.3) is 0 Å². The quantitative estimate of drug-likeness (QED) is 0.0594. The molecule has 0 unspecified atom stereocenters. The van der Waals surface area contributed by atoms with E-state index in [1.165, 1.54) is 0 Å². The summed E-state index contributed by atoms with van der Waals surface area (Å²) < 4.78 is 33.8. The molecule has 4 aliphatic heterocycles. The molecule has 4 aliphatic rings. The molecule has 0 radical (unpaired) electrons. The molecular weight excluding hydrogens is 1030 g/mol. The maximum atomic E-state index is 15.0. The fraction of sp³-hybridized carbons (Fsp3) is 0.239. The Hall–Kier alpha value is -9.75. The van der Waals surface area contributed by atoms with Gasteiger partial charge in [0.05, 0.1) is 40.3 Å². The van der Waals surface area contributed by atoms with Crippen molar-refractivity contribution in [3.8, 4) is 108 Å². The van der Waals surface area contributed by atoms with Crippen LogP contribution in [0.3, 0.4) is 0 Å². The van der Waals surface area contributed by atoms with Crippen LogP contribution in [0.4, 0.5) is 0 Å². The number of hydrogen-bond donors (Lipinski definition) is 19. The highest BCUT2D eigenvalue weighted by molar-refractivity contribution is 6.11. The zero-order valence-corrected chi connectivity index (χ0v) is 37.4. The molecule has 19 N–H and O–H groups in total. The van der Waals surface area contributed by atoms with Crippen LogP contribution in [0.2, 0.25) is 0 Å². The molecule has 1 saturated heterocycles. The van der Waals surface area contributed by atoms with Crippen LogP contribution in [0.1, 0.15) is 63.3 Å². The summed E-state index contributed by atoms with van der Waals surface area (Å²) in [5, 5.41) is 209. The lowest BCUT2D eigenvalue weighted by atomic mass is 9.71. The van der Waals surface area contributed by atoms with Crippen LogP contribution < -0.4 is 0 Å². The second kappa shape index (κ2) is 17.7. The van der Waals surface area contributed by atoms with Gasteiger partial charge in [-0.2, -0.15) is 0 Å². The molecule has 0 spiro atoms. The van der Waals surface area contributed by atoms with Gasteiger partial charge in [-0.25, -0.2) is 24.0 Å². The number of aliphatic hydroxyl groups is 4. The number of carbonyl (C=O) groups is 5. The van der Waals surface area contributed by atoms with E-state index in [2.05, 4.69) is 0 Å². The van der Waals surface area contributed by atoms with E-state index in [-0.39, 0.29) is 6.07 Å². The average molecular weight is 1070 g/mol. The minimum atomic E-state index is -3.72. The highest BCUT2D eigenvalue weighted by Crippen LogP contribution is 2.61. The van der Waals surface area contributed by atoms with Gasteiger partial charge in [0, 0.05) is 27.8 Å². The molecule has 9 rings (SSSR count). The molecule has 4 heterocycles. The molecule has 5 aromatic carbocycles. The summed E-state index contributed by atoms with van der Waals surface area (Å²) in [6.45, 7) is -2.84. The first-order chi connectivity index (χ1) is 35.6. The molecule has 1 fully saturated rings. The van der Waals surface area contributed by atoms with Crippen molar-refractivity contribution in [2.45, 2.75) is 54.4 Å². The summed E-state index contributed by atoms with van der Waals surface area (Å²) in [6.07, 6.45) is -19.3. The summed E-state index contributed by atoms with van der Waals surface area (Å²) in [4.78, 5) is 73.0. The first-order valence-electron chi connectivity index (χ1n) is 21.4. The Balaban J connectivity index is 1.39. The van der Waals surface area contributed by atoms with Crippen molar-refractivity contribution in [1.29, 1.82) is 0 Å². The van der Waals surface area contributed by atoms with E-state index in [0.717, 1.165) is 0 Å². The number of aromatic hydroxyl groups is 15. The Kier molecular flexibility index (Phi) is 11.9. The van der Waals surface area contributed by atoms with Crippen molar-refractivity contribution in [2.24, 2.45) is 0 Å². The molecule has 76 heavy (non-hydrogen) atoms. The fourth-order valence-corrected chi connectivity index (χ4v) is 9.32. The predicted octanol–water partition coefficient (Wildman–Crippen LogP) is -0.811. The van der Waals surface area contributed by atoms with Gasteiger partial charge in [-0.3, -0.25) is 0 Å². The van der Waals surface area contributed by atoms with Gasteiger partial charge >= 0.3 is 29.8 Å². The number of rotatable bonds is 4. The van der Waals surface area contributed by atoms with Crippen LogP contribution in [0.25, 0.3) is 22.3 Å². The molecule has 9 atom stereocenters. The first-order valence-corrected chi connectivity index (χ1v) is 21.4. The SMILES string of the molecule is O=C(O[C@H]1COC(=O)c2cc(O)c(O)c(O)c2-c2c(cc(O)c(O)c2O)C(=O)O[C@H]1[C@H]1OC(=O)c2cc(O)c(O)c(O)c2-c2c(O)c(O)c(O)c3c2C(=O)O[C@H]1[C@H]3[C@@]1(O)OC[C@H](O)[C@H](O)[C@@H]1O)c1cc(O)c(O)c(O)c1. The fourth-order valence-electron chi connectivity index (χ4n) is 9.32. The second-order valence-corrected chi connectivity index (χ2v) is 17.3. The summed E-state index contributed by atoms with van der Waals surface area (Å²) in [5.74, 6) is -38.1. The number of aliphatic hydroxyl groups excluding tert-OH is 3. The monoisotopic (exact) mass is 1070 g/mol. The van der Waals surface area contributed by atoms with E-state index < -0.39 is 239 Å². The highest BCUT2D eigenvalue weighted by atomic mass is 16.7. The van der Waals surface area contributed by atoms with Gasteiger partial charge in [0.15, 0.2) is 87.7 Å². The van der Waals surface area contributed by atoms with Crippen molar-refractivity contribution in [3.05, 3.63) is 63.7 Å². The molecule has 0 aliphatic carbocycles. The second-order valence-electron chi connectivity index (χ2n) is 17.3. The number of hydrogen-bond acceptors (Lipinski definition) is 30. The van der Waals surface area contributed by atoms with Gasteiger partial charge < -0.3 is 125 Å². The third-order valence-electron chi connectivity index (χ3n) is 13.0. The number of carbonyl (C=O) groups excluding carboxylic acids is 5. The van der Waals surface area contributed by atoms with E-state index in [9.17, 15) is 116 Å². The minimum absolute atomic E-state index is 0.271. The van der Waals surface area contributed by atoms with Crippen LogP contribution in [-0.2, 0) is 28.4 Å². The zero-order valence-electron chi connectivity index (χ0n) is 37.4. The summed E-state index contributed by atoms with van der Waals surface area (Å²) >= 11 is 0. The lowest BCUT2D eigenvalue weighted by Crippen LogP contribution is -2.68. The van der Waals surface area contributed by atoms with Crippen molar-refractivity contribution < 1.29 is 149 Å². The van der Waals surface area contributed by atoms with E-state index >= 15 is 4.79 Å². The molecule has 0 saturated carbocycles. The minimum Gasteiger partial charge on any atom is -0.504 e. The van der Waals surface area contributed by atoms with E-state index in [1.807, 2.05) is 0 Å². The number of phenolic OH excluding ortho intramolecular Hbond substituents is 15. The smallest absolute Gasteiger partial charge is 0.339 e. The van der Waals surface area contributed by atoms with Crippen molar-refractivity contribution in [1.82, 2.24) is 0 Å². The van der Waals surface area contributed by atoms with Gasteiger partial charge in [-0.1, -0.05) is 0 Å². The number of fused-ring (bicyclic) bond motifs is 7.